The fourth-order valence-corrected chi connectivity index (χ4v) is 4.88. The molecule has 0 amide bonds. The number of Topliss-reactive ketones (excluding diaryl/α,β-unsaturated/α-hetero) is 2. The summed E-state index contributed by atoms with van der Waals surface area (Å²) in [6.45, 7) is 8.77. The van der Waals surface area contributed by atoms with Crippen LogP contribution < -0.4 is 9.47 Å². The van der Waals surface area contributed by atoms with Gasteiger partial charge >= 0.3 is 0 Å². The molecule has 2 aliphatic carbocycles. The second kappa shape index (κ2) is 9.13. The monoisotopic (exact) mass is 422 g/mol. The minimum atomic E-state index is -0.405. The van der Waals surface area contributed by atoms with Crippen LogP contribution in [0.15, 0.2) is 47.5 Å². The molecular weight excluding hydrogens is 392 g/mol. The molecule has 0 aromatic heterocycles. The van der Waals surface area contributed by atoms with Crippen LogP contribution in [-0.4, -0.2) is 24.8 Å². The SMILES string of the molecule is C=CCc1cc(C2C3=C(CCCC3=O)OC3=C2C(=O)CCC3)cc(OCC)c1OCC. The van der Waals surface area contributed by atoms with E-state index < -0.39 is 5.92 Å². The van der Waals surface area contributed by atoms with E-state index in [1.807, 2.05) is 32.1 Å². The van der Waals surface area contributed by atoms with Crippen LogP contribution in [0.1, 0.15) is 69.4 Å². The molecule has 31 heavy (non-hydrogen) atoms. The van der Waals surface area contributed by atoms with E-state index in [9.17, 15) is 9.59 Å². The number of carbonyl (C=O) groups is 2. The van der Waals surface area contributed by atoms with Gasteiger partial charge in [0.1, 0.15) is 11.5 Å². The number of rotatable bonds is 7. The average Bonchev–Trinajstić information content (AvgIpc) is 2.75. The molecule has 1 heterocycles. The second-order valence-electron chi connectivity index (χ2n) is 8.13. The van der Waals surface area contributed by atoms with E-state index in [1.165, 1.54) is 0 Å². The van der Waals surface area contributed by atoms with Crippen LogP contribution in [0.5, 0.6) is 11.5 Å². The molecule has 0 saturated carbocycles. The van der Waals surface area contributed by atoms with Gasteiger partial charge in [0, 0.05) is 48.3 Å². The lowest BCUT2D eigenvalue weighted by molar-refractivity contribution is -0.117. The number of carbonyl (C=O) groups excluding carboxylic acids is 2. The Kier molecular flexibility index (Phi) is 6.30. The summed E-state index contributed by atoms with van der Waals surface area (Å²) >= 11 is 0. The molecule has 3 aliphatic rings. The third kappa shape index (κ3) is 3.93. The third-order valence-corrected chi connectivity index (χ3v) is 6.08. The summed E-state index contributed by atoms with van der Waals surface area (Å²) in [6, 6.07) is 3.99. The number of hydrogen-bond acceptors (Lipinski definition) is 5. The lowest BCUT2D eigenvalue weighted by Crippen LogP contribution is -2.30. The minimum Gasteiger partial charge on any atom is -0.490 e. The topological polar surface area (TPSA) is 61.8 Å². The summed E-state index contributed by atoms with van der Waals surface area (Å²) in [4.78, 5) is 26.1. The van der Waals surface area contributed by atoms with E-state index >= 15 is 0 Å². The quantitative estimate of drug-likeness (QED) is 0.555. The van der Waals surface area contributed by atoms with Gasteiger partial charge in [-0.3, -0.25) is 9.59 Å². The smallest absolute Gasteiger partial charge is 0.164 e. The standard InChI is InChI=1S/C26H30O5/c1-4-9-16-14-17(15-22(29-5-2)26(16)30-6-3)23-24-18(27)10-7-12-20(24)31-21-13-8-11-19(28)25(21)23/h4,14-15,23H,1,5-13H2,2-3H3. The fraction of sp³-hybridized carbons (Fsp3) is 0.462. The van der Waals surface area contributed by atoms with Gasteiger partial charge in [-0.2, -0.15) is 0 Å². The summed E-state index contributed by atoms with van der Waals surface area (Å²) in [6.07, 6.45) is 6.45. The van der Waals surface area contributed by atoms with Crippen molar-refractivity contribution in [1.82, 2.24) is 0 Å². The number of hydrogen-bond donors (Lipinski definition) is 0. The number of ketones is 2. The van der Waals surface area contributed by atoms with Crippen LogP contribution in [-0.2, 0) is 20.7 Å². The second-order valence-corrected chi connectivity index (χ2v) is 8.13. The Morgan fingerprint density at radius 3 is 2.13 bits per heavy atom. The fourth-order valence-electron chi connectivity index (χ4n) is 4.88. The highest BCUT2D eigenvalue weighted by atomic mass is 16.5. The summed E-state index contributed by atoms with van der Waals surface area (Å²) < 4.78 is 18.0. The van der Waals surface area contributed by atoms with Gasteiger partial charge in [0.2, 0.25) is 0 Å². The van der Waals surface area contributed by atoms with Crippen molar-refractivity contribution in [2.24, 2.45) is 0 Å². The zero-order valence-electron chi connectivity index (χ0n) is 18.4. The Morgan fingerprint density at radius 2 is 1.58 bits per heavy atom. The Balaban J connectivity index is 1.93. The first-order chi connectivity index (χ1) is 15.1. The molecule has 0 saturated heterocycles. The van der Waals surface area contributed by atoms with E-state index in [0.717, 1.165) is 48.3 Å². The van der Waals surface area contributed by atoms with Gasteiger partial charge in [-0.15, -0.1) is 6.58 Å². The molecule has 0 fully saturated rings. The van der Waals surface area contributed by atoms with Crippen molar-refractivity contribution in [2.75, 3.05) is 13.2 Å². The summed E-state index contributed by atoms with van der Waals surface area (Å²) in [5.74, 6) is 2.58. The van der Waals surface area contributed by atoms with E-state index in [1.54, 1.807) is 0 Å². The van der Waals surface area contributed by atoms with Crippen LogP contribution in [0.25, 0.3) is 0 Å². The predicted octanol–water partition coefficient (Wildman–Crippen LogP) is 5.34. The van der Waals surface area contributed by atoms with Crippen LogP contribution >= 0.6 is 0 Å². The Morgan fingerprint density at radius 1 is 0.968 bits per heavy atom. The molecule has 0 atom stereocenters. The van der Waals surface area contributed by atoms with Crippen molar-refractivity contribution in [1.29, 1.82) is 0 Å². The maximum absolute atomic E-state index is 13.0. The zero-order valence-corrected chi connectivity index (χ0v) is 18.4. The number of benzene rings is 1. The molecule has 0 radical (unpaired) electrons. The van der Waals surface area contributed by atoms with Crippen molar-refractivity contribution in [2.45, 2.75) is 64.7 Å². The van der Waals surface area contributed by atoms with Gasteiger partial charge in [0.25, 0.3) is 0 Å². The van der Waals surface area contributed by atoms with Crippen LogP contribution in [0.2, 0.25) is 0 Å². The first kappa shape index (κ1) is 21.4. The van der Waals surface area contributed by atoms with Crippen molar-refractivity contribution in [3.8, 4) is 11.5 Å². The average molecular weight is 423 g/mol. The van der Waals surface area contributed by atoms with Crippen LogP contribution in [0.3, 0.4) is 0 Å². The third-order valence-electron chi connectivity index (χ3n) is 6.08. The lowest BCUT2D eigenvalue weighted by atomic mass is 9.73. The van der Waals surface area contributed by atoms with Crippen molar-refractivity contribution >= 4 is 11.6 Å². The maximum Gasteiger partial charge on any atom is 0.164 e. The van der Waals surface area contributed by atoms with Crippen LogP contribution in [0, 0.1) is 0 Å². The van der Waals surface area contributed by atoms with E-state index in [4.69, 9.17) is 14.2 Å². The molecule has 5 heteroatoms. The van der Waals surface area contributed by atoms with Gasteiger partial charge in [0.05, 0.1) is 13.2 Å². The molecule has 1 aromatic carbocycles. The van der Waals surface area contributed by atoms with E-state index in [-0.39, 0.29) is 11.6 Å². The molecule has 0 bridgehead atoms. The molecule has 0 N–H and O–H groups in total. The first-order valence-corrected chi connectivity index (χ1v) is 11.3. The molecule has 0 spiro atoms. The van der Waals surface area contributed by atoms with E-state index in [0.29, 0.717) is 55.1 Å². The lowest BCUT2D eigenvalue weighted by Gasteiger charge is -2.36. The van der Waals surface area contributed by atoms with Gasteiger partial charge in [0.15, 0.2) is 23.1 Å². The van der Waals surface area contributed by atoms with Gasteiger partial charge < -0.3 is 14.2 Å². The predicted molar refractivity (Wildman–Crippen MR) is 118 cm³/mol. The molecule has 1 aromatic rings. The normalized spacial score (nSPS) is 19.0. The molecule has 1 aliphatic heterocycles. The molecule has 164 valence electrons. The summed E-state index contributed by atoms with van der Waals surface area (Å²) in [5.41, 5.74) is 3.13. The number of allylic oxidation sites excluding steroid dienone is 5. The van der Waals surface area contributed by atoms with Crippen molar-refractivity contribution in [3.05, 3.63) is 58.6 Å². The molecular formula is C26H30O5. The Labute approximate surface area is 183 Å². The number of ether oxygens (including phenoxy) is 3. The summed E-state index contributed by atoms with van der Waals surface area (Å²) in [5, 5.41) is 0. The largest absolute Gasteiger partial charge is 0.490 e. The molecule has 4 rings (SSSR count). The highest BCUT2D eigenvalue weighted by molar-refractivity contribution is 6.05. The van der Waals surface area contributed by atoms with Crippen molar-refractivity contribution in [3.63, 3.8) is 0 Å². The van der Waals surface area contributed by atoms with Gasteiger partial charge in [-0.05, 0) is 44.7 Å². The van der Waals surface area contributed by atoms with E-state index in [2.05, 4.69) is 6.58 Å². The van der Waals surface area contributed by atoms with Gasteiger partial charge in [-0.25, -0.2) is 0 Å². The molecule has 5 nitrogen and oxygen atoms in total. The first-order valence-electron chi connectivity index (χ1n) is 11.3. The zero-order chi connectivity index (χ0) is 22.0. The van der Waals surface area contributed by atoms with Gasteiger partial charge in [-0.1, -0.05) is 12.1 Å². The van der Waals surface area contributed by atoms with Crippen molar-refractivity contribution < 1.29 is 23.8 Å². The minimum absolute atomic E-state index is 0.0771. The highest BCUT2D eigenvalue weighted by Crippen LogP contribution is 2.49. The maximum atomic E-state index is 13.0. The molecule has 0 unspecified atom stereocenters. The summed E-state index contributed by atoms with van der Waals surface area (Å²) in [7, 11) is 0. The Hall–Kier alpha value is -2.82. The highest BCUT2D eigenvalue weighted by Gasteiger charge is 2.42. The Bertz CT molecular complexity index is 940. The van der Waals surface area contributed by atoms with Crippen LogP contribution in [0.4, 0.5) is 0 Å².